The Morgan fingerprint density at radius 2 is 2.00 bits per heavy atom. The Hall–Kier alpha value is -1.74. The van der Waals surface area contributed by atoms with Crippen LogP contribution in [0.15, 0.2) is 30.3 Å². The van der Waals surface area contributed by atoms with Gasteiger partial charge >= 0.3 is 5.97 Å². The van der Waals surface area contributed by atoms with Crippen molar-refractivity contribution in [3.63, 3.8) is 0 Å². The molecule has 1 N–H and O–H groups in total. The van der Waals surface area contributed by atoms with Crippen LogP contribution in [0.1, 0.15) is 16.1 Å². The van der Waals surface area contributed by atoms with Gasteiger partial charge in [0.15, 0.2) is 0 Å². The fourth-order valence-electron chi connectivity index (χ4n) is 1.88. The van der Waals surface area contributed by atoms with Crippen molar-refractivity contribution in [2.75, 3.05) is 0 Å². The minimum atomic E-state index is -0.932. The Labute approximate surface area is 104 Å². The van der Waals surface area contributed by atoms with E-state index in [0.29, 0.717) is 5.02 Å². The van der Waals surface area contributed by atoms with Gasteiger partial charge in [-0.3, -0.25) is 0 Å². The van der Waals surface area contributed by atoms with Gasteiger partial charge in [-0.15, -0.1) is 0 Å². The van der Waals surface area contributed by atoms with Crippen LogP contribution >= 0.6 is 11.6 Å². The highest BCUT2D eigenvalue weighted by Crippen LogP contribution is 2.29. The summed E-state index contributed by atoms with van der Waals surface area (Å²) in [5, 5.41) is 9.68. The predicted molar refractivity (Wildman–Crippen MR) is 67.6 cm³/mol. The second-order valence-electron chi connectivity index (χ2n) is 3.88. The van der Waals surface area contributed by atoms with Crippen LogP contribution in [-0.4, -0.2) is 15.6 Å². The fraction of sp³-hybridized carbons (Fsp3) is 0.154. The fourth-order valence-corrected chi connectivity index (χ4v) is 2.06. The molecule has 0 aliphatic rings. The van der Waals surface area contributed by atoms with E-state index in [0.717, 1.165) is 16.8 Å². The predicted octanol–water partition coefficient (Wildman–Crippen LogP) is 3.35. The Balaban J connectivity index is 2.62. The molecule has 0 unspecified atom stereocenters. The first-order valence-corrected chi connectivity index (χ1v) is 5.54. The maximum absolute atomic E-state index is 11.0. The van der Waals surface area contributed by atoms with E-state index < -0.39 is 5.97 Å². The first kappa shape index (κ1) is 11.7. The molecule has 2 rings (SSSR count). The minimum Gasteiger partial charge on any atom is -0.477 e. The zero-order valence-electron chi connectivity index (χ0n) is 9.57. The summed E-state index contributed by atoms with van der Waals surface area (Å²) in [6.45, 7) is 1.92. The van der Waals surface area contributed by atoms with Gasteiger partial charge in [0, 0.05) is 23.3 Å². The molecule has 0 aliphatic carbocycles. The lowest BCUT2D eigenvalue weighted by Crippen LogP contribution is -2.05. The number of aromatic carboxylic acids is 1. The van der Waals surface area contributed by atoms with E-state index in [-0.39, 0.29) is 5.69 Å². The van der Waals surface area contributed by atoms with Crippen molar-refractivity contribution >= 4 is 17.6 Å². The minimum absolute atomic E-state index is 0.263. The molecule has 2 aromatic rings. The monoisotopic (exact) mass is 249 g/mol. The van der Waals surface area contributed by atoms with E-state index in [1.54, 1.807) is 23.7 Å². The van der Waals surface area contributed by atoms with Crippen LogP contribution in [0.25, 0.3) is 11.3 Å². The van der Waals surface area contributed by atoms with Gasteiger partial charge in [-0.1, -0.05) is 23.7 Å². The number of rotatable bonds is 2. The van der Waals surface area contributed by atoms with Crippen molar-refractivity contribution in [1.82, 2.24) is 4.57 Å². The standard InChI is InChI=1S/C13H12ClNO2/c1-8-9(4-3-5-10(8)14)11-6-7-12(13(16)17)15(11)2/h3-7H,1-2H3,(H,16,17). The molecule has 0 spiro atoms. The second-order valence-corrected chi connectivity index (χ2v) is 4.29. The lowest BCUT2D eigenvalue weighted by Gasteiger charge is -2.09. The topological polar surface area (TPSA) is 42.2 Å². The second kappa shape index (κ2) is 4.26. The summed E-state index contributed by atoms with van der Waals surface area (Å²) in [5.41, 5.74) is 3.02. The molecule has 17 heavy (non-hydrogen) atoms. The largest absolute Gasteiger partial charge is 0.477 e. The quantitative estimate of drug-likeness (QED) is 0.887. The molecule has 0 saturated carbocycles. The van der Waals surface area contributed by atoms with Gasteiger partial charge in [0.25, 0.3) is 0 Å². The highest BCUT2D eigenvalue weighted by atomic mass is 35.5. The zero-order chi connectivity index (χ0) is 12.6. The highest BCUT2D eigenvalue weighted by molar-refractivity contribution is 6.31. The maximum atomic E-state index is 11.0. The van der Waals surface area contributed by atoms with E-state index in [1.165, 1.54) is 0 Å². The van der Waals surface area contributed by atoms with Crippen molar-refractivity contribution in [3.8, 4) is 11.3 Å². The van der Waals surface area contributed by atoms with Gasteiger partial charge in [0.05, 0.1) is 0 Å². The van der Waals surface area contributed by atoms with Crippen molar-refractivity contribution in [1.29, 1.82) is 0 Å². The number of hydrogen-bond acceptors (Lipinski definition) is 1. The normalized spacial score (nSPS) is 10.5. The third-order valence-electron chi connectivity index (χ3n) is 2.88. The van der Waals surface area contributed by atoms with E-state index in [1.807, 2.05) is 25.1 Å². The smallest absolute Gasteiger partial charge is 0.352 e. The number of carboxylic acids is 1. The molecule has 0 radical (unpaired) electrons. The van der Waals surface area contributed by atoms with Crippen LogP contribution in [0.3, 0.4) is 0 Å². The first-order valence-electron chi connectivity index (χ1n) is 5.17. The van der Waals surface area contributed by atoms with Crippen molar-refractivity contribution in [2.45, 2.75) is 6.92 Å². The van der Waals surface area contributed by atoms with Crippen LogP contribution < -0.4 is 0 Å². The average Bonchev–Trinajstić information content (AvgIpc) is 2.64. The molecule has 0 atom stereocenters. The van der Waals surface area contributed by atoms with Gasteiger partial charge in [-0.05, 0) is 30.7 Å². The summed E-state index contributed by atoms with van der Waals surface area (Å²) in [6.07, 6.45) is 0. The summed E-state index contributed by atoms with van der Waals surface area (Å²) < 4.78 is 1.65. The van der Waals surface area contributed by atoms with Gasteiger partial charge < -0.3 is 9.67 Å². The molecule has 1 aromatic carbocycles. The Morgan fingerprint density at radius 1 is 1.29 bits per heavy atom. The van der Waals surface area contributed by atoms with Crippen LogP contribution in [-0.2, 0) is 7.05 Å². The van der Waals surface area contributed by atoms with E-state index in [2.05, 4.69) is 0 Å². The third-order valence-corrected chi connectivity index (χ3v) is 3.29. The SMILES string of the molecule is Cc1c(Cl)cccc1-c1ccc(C(=O)O)n1C. The first-order chi connectivity index (χ1) is 8.02. The average molecular weight is 250 g/mol. The molecule has 0 aliphatic heterocycles. The third kappa shape index (κ3) is 1.94. The molecule has 3 nitrogen and oxygen atoms in total. The number of benzene rings is 1. The molecule has 0 fully saturated rings. The Morgan fingerprint density at radius 3 is 2.59 bits per heavy atom. The summed E-state index contributed by atoms with van der Waals surface area (Å²) in [7, 11) is 1.74. The number of carboxylic acid groups (broad SMARTS) is 1. The number of halogens is 1. The van der Waals surface area contributed by atoms with Gasteiger partial charge in [-0.2, -0.15) is 0 Å². The zero-order valence-corrected chi connectivity index (χ0v) is 10.3. The summed E-state index contributed by atoms with van der Waals surface area (Å²) in [6, 6.07) is 9.00. The molecule has 1 heterocycles. The molecule has 4 heteroatoms. The van der Waals surface area contributed by atoms with Crippen molar-refractivity contribution < 1.29 is 9.90 Å². The van der Waals surface area contributed by atoms with Crippen molar-refractivity contribution in [2.24, 2.45) is 7.05 Å². The van der Waals surface area contributed by atoms with E-state index >= 15 is 0 Å². The Kier molecular flexibility index (Phi) is 2.94. The summed E-state index contributed by atoms with van der Waals surface area (Å²) in [5.74, 6) is -0.932. The molecule has 88 valence electrons. The van der Waals surface area contributed by atoms with Crippen LogP contribution in [0, 0.1) is 6.92 Å². The maximum Gasteiger partial charge on any atom is 0.352 e. The number of aromatic nitrogens is 1. The van der Waals surface area contributed by atoms with E-state index in [9.17, 15) is 4.79 Å². The lowest BCUT2D eigenvalue weighted by atomic mass is 10.1. The molecule has 0 saturated heterocycles. The van der Waals surface area contributed by atoms with E-state index in [4.69, 9.17) is 16.7 Å². The molecular formula is C13H12ClNO2. The summed E-state index contributed by atoms with van der Waals surface area (Å²) in [4.78, 5) is 11.0. The lowest BCUT2D eigenvalue weighted by molar-refractivity contribution is 0.0687. The van der Waals surface area contributed by atoms with Gasteiger partial charge in [0.2, 0.25) is 0 Å². The van der Waals surface area contributed by atoms with Crippen molar-refractivity contribution in [3.05, 3.63) is 46.6 Å². The molecule has 0 amide bonds. The molecular weight excluding hydrogens is 238 g/mol. The number of nitrogens with zero attached hydrogens (tertiary/aromatic N) is 1. The number of carbonyl (C=O) groups is 1. The number of hydrogen-bond donors (Lipinski definition) is 1. The van der Waals surface area contributed by atoms with Gasteiger partial charge in [0.1, 0.15) is 5.69 Å². The summed E-state index contributed by atoms with van der Waals surface area (Å²) >= 11 is 6.06. The highest BCUT2D eigenvalue weighted by Gasteiger charge is 2.14. The Bertz CT molecular complexity index is 587. The van der Waals surface area contributed by atoms with Gasteiger partial charge in [-0.25, -0.2) is 4.79 Å². The van der Waals surface area contributed by atoms with Crippen LogP contribution in [0.5, 0.6) is 0 Å². The van der Waals surface area contributed by atoms with Crippen LogP contribution in [0.4, 0.5) is 0 Å². The molecule has 1 aromatic heterocycles. The molecule has 0 bridgehead atoms. The van der Waals surface area contributed by atoms with Crippen LogP contribution in [0.2, 0.25) is 5.02 Å².